The van der Waals surface area contributed by atoms with E-state index in [2.05, 4.69) is 0 Å². The van der Waals surface area contributed by atoms with Gasteiger partial charge in [-0.15, -0.1) is 0 Å². The molecule has 3 nitrogen and oxygen atoms in total. The van der Waals surface area contributed by atoms with Crippen LogP contribution in [0, 0.1) is 0 Å². The number of hydrogen-bond acceptors (Lipinski definition) is 3. The predicted octanol–water partition coefficient (Wildman–Crippen LogP) is 3.39. The summed E-state index contributed by atoms with van der Waals surface area (Å²) in [5, 5.41) is 0.588. The van der Waals surface area contributed by atoms with E-state index in [9.17, 15) is 13.2 Å². The summed E-state index contributed by atoms with van der Waals surface area (Å²) in [6.45, 7) is 0. The van der Waals surface area contributed by atoms with Gasteiger partial charge in [0.2, 0.25) is 0 Å². The Labute approximate surface area is 127 Å². The highest BCUT2D eigenvalue weighted by atomic mass is 35.5. The molecule has 0 atom stereocenters. The molecule has 0 aliphatic carbocycles. The normalized spacial score (nSPS) is 18.5. The van der Waals surface area contributed by atoms with Crippen LogP contribution in [0.25, 0.3) is 6.08 Å². The van der Waals surface area contributed by atoms with Crippen molar-refractivity contribution in [2.24, 2.45) is 0 Å². The maximum Gasteiger partial charge on any atom is 0.191 e. The average molecular weight is 319 g/mol. The van der Waals surface area contributed by atoms with Crippen molar-refractivity contribution in [1.29, 1.82) is 0 Å². The predicted molar refractivity (Wildman–Crippen MR) is 82.3 cm³/mol. The number of halogens is 1. The first-order valence-electron chi connectivity index (χ1n) is 6.30. The molecule has 0 amide bonds. The number of ketones is 1. The first-order chi connectivity index (χ1) is 9.97. The summed E-state index contributed by atoms with van der Waals surface area (Å²) in [5.74, 6) is -0.513. The number of hydrogen-bond donors (Lipinski definition) is 0. The maximum atomic E-state index is 12.4. The number of fused-ring (bicyclic) bond motifs is 1. The van der Waals surface area contributed by atoms with E-state index in [1.54, 1.807) is 48.5 Å². The summed E-state index contributed by atoms with van der Waals surface area (Å²) in [7, 11) is -3.47. The lowest BCUT2D eigenvalue weighted by Crippen LogP contribution is -2.24. The van der Waals surface area contributed by atoms with Gasteiger partial charge in [-0.2, -0.15) is 0 Å². The van der Waals surface area contributed by atoms with E-state index in [-0.39, 0.29) is 27.6 Å². The zero-order valence-corrected chi connectivity index (χ0v) is 12.5. The average Bonchev–Trinajstić information content (AvgIpc) is 2.47. The molecule has 21 heavy (non-hydrogen) atoms. The van der Waals surface area contributed by atoms with Gasteiger partial charge in [-0.1, -0.05) is 35.9 Å². The molecule has 5 heteroatoms. The SMILES string of the molecule is O=C1C(=Cc2ccc(Cl)cc2)CS(=O)(=O)c2ccccc21. The van der Waals surface area contributed by atoms with Gasteiger partial charge in [0.05, 0.1) is 10.6 Å². The number of sulfone groups is 1. The molecule has 2 aromatic carbocycles. The van der Waals surface area contributed by atoms with Gasteiger partial charge in [0.15, 0.2) is 15.6 Å². The van der Waals surface area contributed by atoms with E-state index in [0.29, 0.717) is 5.02 Å². The second-order valence-corrected chi connectivity index (χ2v) is 7.20. The summed E-state index contributed by atoms with van der Waals surface area (Å²) < 4.78 is 24.5. The Morgan fingerprint density at radius 3 is 2.38 bits per heavy atom. The molecule has 1 aliphatic heterocycles. The van der Waals surface area contributed by atoms with Crippen LogP contribution in [0.5, 0.6) is 0 Å². The molecule has 0 saturated heterocycles. The van der Waals surface area contributed by atoms with Crippen molar-refractivity contribution >= 4 is 33.3 Å². The molecule has 0 fully saturated rings. The Bertz CT molecular complexity index is 849. The fourth-order valence-corrected chi connectivity index (χ4v) is 4.00. The molecule has 2 aromatic rings. The summed E-state index contributed by atoms with van der Waals surface area (Å²) in [4.78, 5) is 12.5. The molecule has 0 saturated carbocycles. The highest BCUT2D eigenvalue weighted by molar-refractivity contribution is 7.91. The lowest BCUT2D eigenvalue weighted by Gasteiger charge is -2.17. The van der Waals surface area contributed by atoms with E-state index in [1.165, 1.54) is 6.07 Å². The third kappa shape index (κ3) is 2.64. The molecule has 0 N–H and O–H groups in total. The summed E-state index contributed by atoms with van der Waals surface area (Å²) in [5.41, 5.74) is 1.26. The number of Topliss-reactive ketones (excluding diaryl/α,β-unsaturated/α-hetero) is 1. The van der Waals surface area contributed by atoms with Crippen LogP contribution in [-0.4, -0.2) is 20.0 Å². The van der Waals surface area contributed by atoms with E-state index in [0.717, 1.165) is 5.56 Å². The molecular weight excluding hydrogens is 308 g/mol. The van der Waals surface area contributed by atoms with Crippen molar-refractivity contribution in [3.05, 3.63) is 70.3 Å². The smallest absolute Gasteiger partial charge is 0.191 e. The fraction of sp³-hybridized carbons (Fsp3) is 0.0625. The Kier molecular flexibility index (Phi) is 3.43. The molecule has 1 aliphatic rings. The van der Waals surface area contributed by atoms with Crippen LogP contribution in [0.1, 0.15) is 15.9 Å². The number of benzene rings is 2. The first kappa shape index (κ1) is 14.0. The quantitative estimate of drug-likeness (QED) is 0.757. The third-order valence-corrected chi connectivity index (χ3v) is 5.28. The molecule has 0 aromatic heterocycles. The monoisotopic (exact) mass is 318 g/mol. The minimum atomic E-state index is -3.47. The van der Waals surface area contributed by atoms with E-state index in [4.69, 9.17) is 11.6 Å². The third-order valence-electron chi connectivity index (χ3n) is 3.31. The fourth-order valence-electron chi connectivity index (χ4n) is 2.31. The van der Waals surface area contributed by atoms with Crippen molar-refractivity contribution in [2.75, 3.05) is 5.75 Å². The Balaban J connectivity index is 2.11. The minimum absolute atomic E-state index is 0.114. The highest BCUT2D eigenvalue weighted by Crippen LogP contribution is 2.28. The Morgan fingerprint density at radius 1 is 1.00 bits per heavy atom. The van der Waals surface area contributed by atoms with Crippen LogP contribution in [0.2, 0.25) is 5.02 Å². The van der Waals surface area contributed by atoms with Crippen LogP contribution in [0.15, 0.2) is 59.0 Å². The van der Waals surface area contributed by atoms with Gasteiger partial charge in [-0.3, -0.25) is 4.79 Å². The number of carbonyl (C=O) groups excluding carboxylic acids is 1. The summed E-state index contributed by atoms with van der Waals surface area (Å²) >= 11 is 5.81. The maximum absolute atomic E-state index is 12.4. The molecule has 0 unspecified atom stereocenters. The number of carbonyl (C=O) groups is 1. The molecule has 0 spiro atoms. The van der Waals surface area contributed by atoms with Gasteiger partial charge >= 0.3 is 0 Å². The first-order valence-corrected chi connectivity index (χ1v) is 8.33. The van der Waals surface area contributed by atoms with Crippen molar-refractivity contribution in [3.63, 3.8) is 0 Å². The van der Waals surface area contributed by atoms with E-state index >= 15 is 0 Å². The van der Waals surface area contributed by atoms with Gasteiger partial charge < -0.3 is 0 Å². The molecule has 106 valence electrons. The van der Waals surface area contributed by atoms with Crippen LogP contribution in [0.4, 0.5) is 0 Å². The molecule has 0 bridgehead atoms. The van der Waals surface area contributed by atoms with Crippen molar-refractivity contribution < 1.29 is 13.2 Å². The zero-order chi connectivity index (χ0) is 15.0. The zero-order valence-electron chi connectivity index (χ0n) is 10.9. The van der Waals surface area contributed by atoms with Gasteiger partial charge in [0.1, 0.15) is 0 Å². The van der Waals surface area contributed by atoms with E-state index < -0.39 is 9.84 Å². The van der Waals surface area contributed by atoms with Crippen LogP contribution < -0.4 is 0 Å². The van der Waals surface area contributed by atoms with Crippen LogP contribution in [0.3, 0.4) is 0 Å². The summed E-state index contributed by atoms with van der Waals surface area (Å²) in [6, 6.07) is 13.2. The second kappa shape index (κ2) is 5.13. The topological polar surface area (TPSA) is 51.2 Å². The van der Waals surface area contributed by atoms with Crippen LogP contribution >= 0.6 is 11.6 Å². The Morgan fingerprint density at radius 2 is 1.67 bits per heavy atom. The van der Waals surface area contributed by atoms with Crippen LogP contribution in [-0.2, 0) is 9.84 Å². The van der Waals surface area contributed by atoms with Crippen molar-refractivity contribution in [2.45, 2.75) is 4.90 Å². The lowest BCUT2D eigenvalue weighted by atomic mass is 10.0. The molecule has 0 radical (unpaired) electrons. The number of rotatable bonds is 1. The molecule has 1 heterocycles. The van der Waals surface area contributed by atoms with Gasteiger partial charge in [-0.05, 0) is 35.9 Å². The largest absolute Gasteiger partial charge is 0.289 e. The summed E-state index contributed by atoms with van der Waals surface area (Å²) in [6.07, 6.45) is 1.60. The van der Waals surface area contributed by atoms with E-state index in [1.807, 2.05) is 0 Å². The Hall–Kier alpha value is -1.91. The molecule has 3 rings (SSSR count). The highest BCUT2D eigenvalue weighted by Gasteiger charge is 2.32. The lowest BCUT2D eigenvalue weighted by molar-refractivity contribution is 0.103. The van der Waals surface area contributed by atoms with Gasteiger partial charge in [0.25, 0.3) is 0 Å². The molecular formula is C16H11ClO3S. The second-order valence-electron chi connectivity index (χ2n) is 4.81. The standard InChI is InChI=1S/C16H11ClO3S/c17-13-7-5-11(6-8-13)9-12-10-21(19,20)15-4-2-1-3-14(15)16(12)18/h1-9H,10H2. The minimum Gasteiger partial charge on any atom is -0.289 e. The van der Waals surface area contributed by atoms with Crippen molar-refractivity contribution in [1.82, 2.24) is 0 Å². The van der Waals surface area contributed by atoms with Gasteiger partial charge in [0, 0.05) is 16.2 Å². The van der Waals surface area contributed by atoms with Crippen molar-refractivity contribution in [3.8, 4) is 0 Å². The van der Waals surface area contributed by atoms with Gasteiger partial charge in [-0.25, -0.2) is 8.42 Å².